The molecule has 0 saturated carbocycles. The lowest BCUT2D eigenvalue weighted by molar-refractivity contribution is -0.117. The van der Waals surface area contributed by atoms with Crippen LogP contribution in [-0.4, -0.2) is 61.3 Å². The summed E-state index contributed by atoms with van der Waals surface area (Å²) in [6.07, 6.45) is 2.04. The number of nitrogens with zero attached hydrogens (tertiary/aromatic N) is 2. The van der Waals surface area contributed by atoms with Crippen molar-refractivity contribution in [2.45, 2.75) is 18.4 Å². The monoisotopic (exact) mass is 399 g/mol. The van der Waals surface area contributed by atoms with Crippen LogP contribution in [0.1, 0.15) is 12.5 Å². The van der Waals surface area contributed by atoms with E-state index >= 15 is 0 Å². The van der Waals surface area contributed by atoms with Gasteiger partial charge in [-0.15, -0.1) is 11.8 Å². The van der Waals surface area contributed by atoms with Crippen molar-refractivity contribution in [3.63, 3.8) is 0 Å². The number of amides is 1. The van der Waals surface area contributed by atoms with E-state index in [1.165, 1.54) is 10.5 Å². The standard InChI is InChI=1S/C22H29N3O2S/c1-3-27-20-8-4-18(5-9-20)16-24-12-14-25(15-13-24)17-22(26)23-19-6-10-21(28-2)11-7-19/h4-11H,3,12-17H2,1-2H3,(H,23,26). The van der Waals surface area contributed by atoms with Crippen LogP contribution in [0.5, 0.6) is 5.75 Å². The van der Waals surface area contributed by atoms with Gasteiger partial charge in [-0.05, 0) is 55.1 Å². The molecule has 3 rings (SSSR count). The van der Waals surface area contributed by atoms with Crippen LogP contribution in [0.4, 0.5) is 5.69 Å². The van der Waals surface area contributed by atoms with Crippen molar-refractivity contribution in [3.05, 3.63) is 54.1 Å². The summed E-state index contributed by atoms with van der Waals surface area (Å²) in [7, 11) is 0. The Bertz CT molecular complexity index is 741. The lowest BCUT2D eigenvalue weighted by Crippen LogP contribution is -2.48. The Morgan fingerprint density at radius 2 is 1.64 bits per heavy atom. The van der Waals surface area contributed by atoms with Gasteiger partial charge in [0, 0.05) is 43.3 Å². The third-order valence-corrected chi connectivity index (χ3v) is 5.59. The minimum absolute atomic E-state index is 0.0527. The number of carbonyl (C=O) groups is 1. The molecule has 0 unspecified atom stereocenters. The SMILES string of the molecule is CCOc1ccc(CN2CCN(CC(=O)Nc3ccc(SC)cc3)CC2)cc1. The summed E-state index contributed by atoms with van der Waals surface area (Å²) in [5, 5.41) is 2.99. The Morgan fingerprint density at radius 3 is 2.25 bits per heavy atom. The summed E-state index contributed by atoms with van der Waals surface area (Å²) >= 11 is 1.70. The van der Waals surface area contributed by atoms with E-state index in [0.717, 1.165) is 44.2 Å². The Kier molecular flexibility index (Phi) is 7.77. The second-order valence-electron chi connectivity index (χ2n) is 6.91. The molecule has 0 spiro atoms. The van der Waals surface area contributed by atoms with Crippen LogP contribution >= 0.6 is 11.8 Å². The van der Waals surface area contributed by atoms with Crippen LogP contribution in [0.25, 0.3) is 0 Å². The van der Waals surface area contributed by atoms with Gasteiger partial charge in [-0.2, -0.15) is 0 Å². The van der Waals surface area contributed by atoms with Gasteiger partial charge in [0.1, 0.15) is 5.75 Å². The summed E-state index contributed by atoms with van der Waals surface area (Å²) < 4.78 is 5.50. The molecule has 2 aromatic rings. The zero-order chi connectivity index (χ0) is 19.8. The summed E-state index contributed by atoms with van der Waals surface area (Å²) in [5.74, 6) is 0.974. The zero-order valence-electron chi connectivity index (χ0n) is 16.7. The summed E-state index contributed by atoms with van der Waals surface area (Å²) in [4.78, 5) is 18.2. The van der Waals surface area contributed by atoms with Gasteiger partial charge in [0.2, 0.25) is 5.91 Å². The van der Waals surface area contributed by atoms with Gasteiger partial charge in [-0.1, -0.05) is 12.1 Å². The van der Waals surface area contributed by atoms with E-state index in [2.05, 4.69) is 27.2 Å². The second-order valence-corrected chi connectivity index (χ2v) is 7.79. The molecule has 1 aliphatic heterocycles. The smallest absolute Gasteiger partial charge is 0.238 e. The fraction of sp³-hybridized carbons (Fsp3) is 0.409. The first-order valence-electron chi connectivity index (χ1n) is 9.76. The minimum atomic E-state index is 0.0527. The molecule has 0 bridgehead atoms. The number of piperazine rings is 1. The number of hydrogen-bond acceptors (Lipinski definition) is 5. The molecule has 1 aliphatic rings. The maximum Gasteiger partial charge on any atom is 0.238 e. The van der Waals surface area contributed by atoms with Crippen LogP contribution in [0.3, 0.4) is 0 Å². The van der Waals surface area contributed by atoms with Crippen molar-refractivity contribution in [2.75, 3.05) is 50.9 Å². The molecule has 2 aromatic carbocycles. The van der Waals surface area contributed by atoms with E-state index in [4.69, 9.17) is 4.74 Å². The molecule has 1 saturated heterocycles. The molecule has 0 aliphatic carbocycles. The lowest BCUT2D eigenvalue weighted by Gasteiger charge is -2.34. The number of rotatable bonds is 8. The van der Waals surface area contributed by atoms with Crippen LogP contribution in [-0.2, 0) is 11.3 Å². The van der Waals surface area contributed by atoms with Crippen molar-refractivity contribution in [3.8, 4) is 5.75 Å². The number of hydrogen-bond donors (Lipinski definition) is 1. The highest BCUT2D eigenvalue weighted by atomic mass is 32.2. The fourth-order valence-electron chi connectivity index (χ4n) is 3.30. The first kappa shape index (κ1) is 20.7. The molecule has 28 heavy (non-hydrogen) atoms. The molecule has 1 N–H and O–H groups in total. The summed E-state index contributed by atoms with van der Waals surface area (Å²) in [6.45, 7) is 7.85. The van der Waals surface area contributed by atoms with Gasteiger partial charge in [-0.3, -0.25) is 14.6 Å². The predicted molar refractivity (Wildman–Crippen MR) is 116 cm³/mol. The van der Waals surface area contributed by atoms with E-state index in [1.54, 1.807) is 11.8 Å². The largest absolute Gasteiger partial charge is 0.494 e. The average Bonchev–Trinajstić information content (AvgIpc) is 2.72. The van der Waals surface area contributed by atoms with E-state index < -0.39 is 0 Å². The van der Waals surface area contributed by atoms with Crippen molar-refractivity contribution in [1.29, 1.82) is 0 Å². The van der Waals surface area contributed by atoms with Crippen LogP contribution in [0.15, 0.2) is 53.4 Å². The van der Waals surface area contributed by atoms with E-state index in [1.807, 2.05) is 49.6 Å². The van der Waals surface area contributed by atoms with Crippen molar-refractivity contribution < 1.29 is 9.53 Å². The quantitative estimate of drug-likeness (QED) is 0.688. The molecule has 1 fully saturated rings. The Morgan fingerprint density at radius 1 is 1.00 bits per heavy atom. The predicted octanol–water partition coefficient (Wildman–Crippen LogP) is 3.56. The average molecular weight is 400 g/mol. The molecule has 0 aromatic heterocycles. The van der Waals surface area contributed by atoms with E-state index in [-0.39, 0.29) is 5.91 Å². The van der Waals surface area contributed by atoms with Crippen LogP contribution < -0.4 is 10.1 Å². The molecule has 0 radical (unpaired) electrons. The maximum atomic E-state index is 12.3. The van der Waals surface area contributed by atoms with Gasteiger partial charge < -0.3 is 10.1 Å². The molecule has 1 amide bonds. The Balaban J connectivity index is 1.40. The van der Waals surface area contributed by atoms with E-state index in [0.29, 0.717) is 13.2 Å². The van der Waals surface area contributed by atoms with Crippen LogP contribution in [0, 0.1) is 0 Å². The van der Waals surface area contributed by atoms with Gasteiger partial charge in [0.05, 0.1) is 13.2 Å². The minimum Gasteiger partial charge on any atom is -0.494 e. The molecule has 0 atom stereocenters. The maximum absolute atomic E-state index is 12.3. The number of benzene rings is 2. The first-order valence-corrected chi connectivity index (χ1v) is 11.0. The number of nitrogens with one attached hydrogen (secondary N) is 1. The van der Waals surface area contributed by atoms with Crippen molar-refractivity contribution >= 4 is 23.4 Å². The lowest BCUT2D eigenvalue weighted by atomic mass is 10.2. The van der Waals surface area contributed by atoms with Crippen molar-refractivity contribution in [1.82, 2.24) is 9.80 Å². The second kappa shape index (κ2) is 10.5. The fourth-order valence-corrected chi connectivity index (χ4v) is 3.71. The first-order chi connectivity index (χ1) is 13.7. The highest BCUT2D eigenvalue weighted by molar-refractivity contribution is 7.98. The van der Waals surface area contributed by atoms with E-state index in [9.17, 15) is 4.79 Å². The summed E-state index contributed by atoms with van der Waals surface area (Å²) in [6, 6.07) is 16.3. The highest BCUT2D eigenvalue weighted by Gasteiger charge is 2.19. The Hall–Kier alpha value is -2.02. The topological polar surface area (TPSA) is 44.8 Å². The molecule has 150 valence electrons. The molecular weight excluding hydrogens is 370 g/mol. The third kappa shape index (κ3) is 6.26. The van der Waals surface area contributed by atoms with Gasteiger partial charge in [0.25, 0.3) is 0 Å². The highest BCUT2D eigenvalue weighted by Crippen LogP contribution is 2.18. The zero-order valence-corrected chi connectivity index (χ0v) is 17.5. The number of carbonyl (C=O) groups excluding carboxylic acids is 1. The summed E-state index contributed by atoms with van der Waals surface area (Å²) in [5.41, 5.74) is 2.15. The number of anilines is 1. The molecule has 6 heteroatoms. The number of ether oxygens (including phenoxy) is 1. The number of thioether (sulfide) groups is 1. The van der Waals surface area contributed by atoms with Gasteiger partial charge in [-0.25, -0.2) is 0 Å². The van der Waals surface area contributed by atoms with Crippen molar-refractivity contribution in [2.24, 2.45) is 0 Å². The molecular formula is C22H29N3O2S. The normalized spacial score (nSPS) is 15.4. The Labute approximate surface area is 172 Å². The third-order valence-electron chi connectivity index (χ3n) is 4.85. The molecule has 1 heterocycles. The van der Waals surface area contributed by atoms with Gasteiger partial charge in [0.15, 0.2) is 0 Å². The van der Waals surface area contributed by atoms with Crippen LogP contribution in [0.2, 0.25) is 0 Å². The molecule has 5 nitrogen and oxygen atoms in total. The van der Waals surface area contributed by atoms with Gasteiger partial charge >= 0.3 is 0 Å².